The average molecular weight is 111 g/mol. The van der Waals surface area contributed by atoms with Gasteiger partial charge in [-0.1, -0.05) is 26.3 Å². The Labute approximate surface area is 50.9 Å². The van der Waals surface area contributed by atoms with E-state index < -0.39 is 0 Å². The van der Waals surface area contributed by atoms with Crippen LogP contribution in [0.5, 0.6) is 0 Å². The molecule has 0 heterocycles. The van der Waals surface area contributed by atoms with Gasteiger partial charge in [0.2, 0.25) is 0 Å². The molecule has 1 N–H and O–H groups in total. The summed E-state index contributed by atoms with van der Waals surface area (Å²) in [6.07, 6.45) is 6.28. The van der Waals surface area contributed by atoms with E-state index in [0.29, 0.717) is 5.92 Å². The third-order valence-electron chi connectivity index (χ3n) is 1.18. The number of allylic oxidation sites excluding steroid dienone is 2. The van der Waals surface area contributed by atoms with Gasteiger partial charge in [0.05, 0.1) is 0 Å². The zero-order valence-electron chi connectivity index (χ0n) is 5.52. The molecule has 1 heteroatoms. The zero-order valence-corrected chi connectivity index (χ0v) is 5.52. The first-order valence-corrected chi connectivity index (χ1v) is 2.98. The lowest BCUT2D eigenvalue weighted by Gasteiger charge is -1.95. The molecule has 0 aliphatic heterocycles. The number of hydrogen-bond acceptors (Lipinski definition) is 1. The second-order valence-corrected chi connectivity index (χ2v) is 1.94. The molecule has 0 saturated carbocycles. The van der Waals surface area contributed by atoms with Crippen LogP contribution in [0, 0.1) is 11.3 Å². The van der Waals surface area contributed by atoms with Crippen molar-refractivity contribution in [3.05, 3.63) is 12.2 Å². The van der Waals surface area contributed by atoms with Gasteiger partial charge in [-0.05, 0) is 12.0 Å². The van der Waals surface area contributed by atoms with Gasteiger partial charge in [-0.25, -0.2) is 0 Å². The Balaban J connectivity index is 3.35. The fourth-order valence-electron chi connectivity index (χ4n) is 0.381. The summed E-state index contributed by atoms with van der Waals surface area (Å²) in [7, 11) is 0. The van der Waals surface area contributed by atoms with Crippen LogP contribution in [-0.4, -0.2) is 6.21 Å². The summed E-state index contributed by atoms with van der Waals surface area (Å²) in [5.41, 5.74) is 0. The van der Waals surface area contributed by atoms with Crippen LogP contribution in [-0.2, 0) is 0 Å². The first kappa shape index (κ1) is 7.41. The number of nitrogens with one attached hydrogen (secondary N) is 1. The minimum atomic E-state index is 0.622. The zero-order chi connectivity index (χ0) is 6.41. The maximum atomic E-state index is 6.66. The Bertz CT molecular complexity index is 84.4. The van der Waals surface area contributed by atoms with Crippen molar-refractivity contribution in [3.63, 3.8) is 0 Å². The second-order valence-electron chi connectivity index (χ2n) is 1.94. The molecule has 0 fully saturated rings. The Morgan fingerprint density at radius 2 is 2.25 bits per heavy atom. The van der Waals surface area contributed by atoms with Gasteiger partial charge < -0.3 is 5.41 Å². The van der Waals surface area contributed by atoms with Crippen LogP contribution in [0.3, 0.4) is 0 Å². The molecule has 1 unspecified atom stereocenters. The highest BCUT2D eigenvalue weighted by Crippen LogP contribution is 1.99. The van der Waals surface area contributed by atoms with E-state index in [1.165, 1.54) is 6.21 Å². The van der Waals surface area contributed by atoms with Crippen molar-refractivity contribution >= 4 is 6.21 Å². The molecule has 0 amide bonds. The minimum Gasteiger partial charge on any atom is -0.309 e. The van der Waals surface area contributed by atoms with Gasteiger partial charge in [0.15, 0.2) is 0 Å². The van der Waals surface area contributed by atoms with Crippen LogP contribution in [0.1, 0.15) is 20.3 Å². The second kappa shape index (κ2) is 4.57. The molecular formula is C7H13N. The van der Waals surface area contributed by atoms with Gasteiger partial charge >= 0.3 is 0 Å². The predicted molar refractivity (Wildman–Crippen MR) is 37.4 cm³/mol. The summed E-state index contributed by atoms with van der Waals surface area (Å²) in [5, 5.41) is 6.66. The van der Waals surface area contributed by atoms with E-state index in [-0.39, 0.29) is 0 Å². The Hall–Kier alpha value is -0.590. The number of hydrogen-bond donors (Lipinski definition) is 1. The molecule has 0 aromatic heterocycles. The van der Waals surface area contributed by atoms with Gasteiger partial charge in [-0.2, -0.15) is 0 Å². The van der Waals surface area contributed by atoms with Crippen LogP contribution < -0.4 is 0 Å². The van der Waals surface area contributed by atoms with E-state index in [2.05, 4.69) is 13.8 Å². The van der Waals surface area contributed by atoms with E-state index >= 15 is 0 Å². The standard InChI is InChI=1S/C7H13N/c1-3-7(2)5-4-6-8/h4-8H,3H2,1-2H3/b5-4-,8-6?. The third kappa shape index (κ3) is 3.59. The first-order valence-electron chi connectivity index (χ1n) is 2.98. The average Bonchev–Trinajstić information content (AvgIpc) is 1.83. The topological polar surface area (TPSA) is 23.9 Å². The van der Waals surface area contributed by atoms with Crippen molar-refractivity contribution in [2.45, 2.75) is 20.3 Å². The molecule has 1 nitrogen and oxygen atoms in total. The van der Waals surface area contributed by atoms with Crippen molar-refractivity contribution in [1.82, 2.24) is 0 Å². The summed E-state index contributed by atoms with van der Waals surface area (Å²) in [5.74, 6) is 0.622. The Kier molecular flexibility index (Phi) is 4.23. The minimum absolute atomic E-state index is 0.622. The highest BCUT2D eigenvalue weighted by Gasteiger charge is 1.86. The summed E-state index contributed by atoms with van der Waals surface area (Å²) < 4.78 is 0. The van der Waals surface area contributed by atoms with E-state index in [9.17, 15) is 0 Å². The van der Waals surface area contributed by atoms with Crippen LogP contribution in [0.2, 0.25) is 0 Å². The fourth-order valence-corrected chi connectivity index (χ4v) is 0.381. The fraction of sp³-hybridized carbons (Fsp3) is 0.571. The molecule has 0 aromatic rings. The smallest absolute Gasteiger partial charge is 0.0174 e. The molecule has 1 atom stereocenters. The molecule has 0 rings (SSSR count). The van der Waals surface area contributed by atoms with Crippen molar-refractivity contribution in [2.75, 3.05) is 0 Å². The maximum absolute atomic E-state index is 6.66. The van der Waals surface area contributed by atoms with Gasteiger partial charge in [0, 0.05) is 6.21 Å². The Morgan fingerprint density at radius 1 is 1.62 bits per heavy atom. The Morgan fingerprint density at radius 3 is 2.62 bits per heavy atom. The normalized spacial score (nSPS) is 14.2. The van der Waals surface area contributed by atoms with Crippen molar-refractivity contribution in [1.29, 1.82) is 5.41 Å². The molecule has 0 radical (unpaired) electrons. The quantitative estimate of drug-likeness (QED) is 0.540. The van der Waals surface area contributed by atoms with Gasteiger partial charge in [0.1, 0.15) is 0 Å². The van der Waals surface area contributed by atoms with E-state index in [4.69, 9.17) is 5.41 Å². The highest BCUT2D eigenvalue weighted by atomic mass is 14.3. The molecule has 0 bridgehead atoms. The molecule has 0 spiro atoms. The summed E-state index contributed by atoms with van der Waals surface area (Å²) in [6.45, 7) is 4.28. The van der Waals surface area contributed by atoms with Gasteiger partial charge in [-0.3, -0.25) is 0 Å². The van der Waals surface area contributed by atoms with Crippen LogP contribution >= 0.6 is 0 Å². The highest BCUT2D eigenvalue weighted by molar-refractivity contribution is 5.67. The first-order chi connectivity index (χ1) is 3.81. The van der Waals surface area contributed by atoms with Crippen LogP contribution in [0.15, 0.2) is 12.2 Å². The van der Waals surface area contributed by atoms with Crippen LogP contribution in [0.4, 0.5) is 0 Å². The molecule has 0 aromatic carbocycles. The van der Waals surface area contributed by atoms with E-state index in [0.717, 1.165) is 6.42 Å². The molecule has 0 saturated heterocycles. The molecular weight excluding hydrogens is 98.1 g/mol. The molecule has 0 aliphatic rings. The maximum Gasteiger partial charge on any atom is 0.0174 e. The number of rotatable bonds is 3. The lowest BCUT2D eigenvalue weighted by molar-refractivity contribution is 0.699. The van der Waals surface area contributed by atoms with Crippen LogP contribution in [0.25, 0.3) is 0 Å². The van der Waals surface area contributed by atoms with Crippen molar-refractivity contribution in [3.8, 4) is 0 Å². The molecule has 0 aliphatic carbocycles. The molecule has 8 heavy (non-hydrogen) atoms. The molecule has 46 valence electrons. The summed E-state index contributed by atoms with van der Waals surface area (Å²) >= 11 is 0. The van der Waals surface area contributed by atoms with Gasteiger partial charge in [0.25, 0.3) is 0 Å². The summed E-state index contributed by atoms with van der Waals surface area (Å²) in [4.78, 5) is 0. The van der Waals surface area contributed by atoms with Gasteiger partial charge in [-0.15, -0.1) is 0 Å². The lowest BCUT2D eigenvalue weighted by atomic mass is 10.1. The predicted octanol–water partition coefficient (Wildman–Crippen LogP) is 2.24. The SMILES string of the molecule is CCC(C)/C=C\C=N. The van der Waals surface area contributed by atoms with E-state index in [1.807, 2.05) is 6.08 Å². The third-order valence-corrected chi connectivity index (χ3v) is 1.18. The van der Waals surface area contributed by atoms with E-state index in [1.54, 1.807) is 6.08 Å². The van der Waals surface area contributed by atoms with Crippen molar-refractivity contribution in [2.24, 2.45) is 5.92 Å². The largest absolute Gasteiger partial charge is 0.309 e. The lowest BCUT2D eigenvalue weighted by Crippen LogP contribution is -1.83. The monoisotopic (exact) mass is 111 g/mol. The van der Waals surface area contributed by atoms with Crippen molar-refractivity contribution < 1.29 is 0 Å². The summed E-state index contributed by atoms with van der Waals surface area (Å²) in [6, 6.07) is 0.